The van der Waals surface area contributed by atoms with E-state index in [1.165, 1.54) is 17.7 Å². The molecule has 0 radical (unpaired) electrons. The monoisotopic (exact) mass is 357 g/mol. The number of halogens is 1. The van der Waals surface area contributed by atoms with E-state index in [9.17, 15) is 9.18 Å². The Morgan fingerprint density at radius 3 is 2.19 bits per heavy atom. The maximum absolute atomic E-state index is 12.9. The Labute approximate surface area is 153 Å². The van der Waals surface area contributed by atoms with Crippen molar-refractivity contribution in [2.75, 3.05) is 19.7 Å². The number of carbonyl (C=O) groups excluding carboxylic acids is 1. The van der Waals surface area contributed by atoms with Gasteiger partial charge >= 0.3 is 5.97 Å². The summed E-state index contributed by atoms with van der Waals surface area (Å²) in [6.07, 6.45) is 1.70. The minimum absolute atomic E-state index is 0.0395. The average Bonchev–Trinajstić information content (AvgIpc) is 2.66. The third-order valence-corrected chi connectivity index (χ3v) is 4.59. The minimum atomic E-state index is -0.278. The molecule has 26 heavy (non-hydrogen) atoms. The summed E-state index contributed by atoms with van der Waals surface area (Å²) in [5.41, 5.74) is 1.20. The van der Waals surface area contributed by atoms with Crippen molar-refractivity contribution in [3.05, 3.63) is 59.9 Å². The van der Waals surface area contributed by atoms with E-state index in [1.807, 2.05) is 31.2 Å². The highest BCUT2D eigenvalue weighted by atomic mass is 19.1. The molecule has 1 aliphatic heterocycles. The summed E-state index contributed by atoms with van der Waals surface area (Å²) in [6.45, 7) is 4.95. The Balaban J connectivity index is 1.49. The van der Waals surface area contributed by atoms with Crippen LogP contribution in [0.4, 0.5) is 4.39 Å². The Kier molecular flexibility index (Phi) is 6.23. The molecular formula is C21H24FNO3. The van der Waals surface area contributed by atoms with Crippen LogP contribution in [-0.4, -0.2) is 30.6 Å². The minimum Gasteiger partial charge on any atom is -0.466 e. The van der Waals surface area contributed by atoms with Crippen molar-refractivity contribution in [3.8, 4) is 11.5 Å². The van der Waals surface area contributed by atoms with Gasteiger partial charge in [-0.2, -0.15) is 0 Å². The molecule has 0 aliphatic carbocycles. The largest absolute Gasteiger partial charge is 0.466 e. The van der Waals surface area contributed by atoms with E-state index in [0.717, 1.165) is 38.2 Å². The first-order valence-electron chi connectivity index (χ1n) is 9.05. The molecule has 3 rings (SSSR count). The number of nitrogens with zero attached hydrogens (tertiary/aromatic N) is 1. The summed E-state index contributed by atoms with van der Waals surface area (Å²) >= 11 is 0. The number of carbonyl (C=O) groups is 1. The van der Waals surface area contributed by atoms with Gasteiger partial charge in [0.15, 0.2) is 0 Å². The van der Waals surface area contributed by atoms with Gasteiger partial charge in [0.05, 0.1) is 12.5 Å². The lowest BCUT2D eigenvalue weighted by molar-refractivity contribution is -0.149. The van der Waals surface area contributed by atoms with E-state index in [0.29, 0.717) is 12.4 Å². The molecule has 0 unspecified atom stereocenters. The molecule has 0 bridgehead atoms. The molecule has 2 aromatic carbocycles. The van der Waals surface area contributed by atoms with E-state index in [-0.39, 0.29) is 17.7 Å². The Morgan fingerprint density at radius 2 is 1.62 bits per heavy atom. The van der Waals surface area contributed by atoms with E-state index in [1.54, 1.807) is 12.1 Å². The molecule has 1 fully saturated rings. The van der Waals surface area contributed by atoms with Crippen LogP contribution in [0.2, 0.25) is 0 Å². The van der Waals surface area contributed by atoms with Gasteiger partial charge < -0.3 is 9.47 Å². The summed E-state index contributed by atoms with van der Waals surface area (Å²) in [5.74, 6) is 1.04. The van der Waals surface area contributed by atoms with Crippen molar-refractivity contribution in [1.29, 1.82) is 0 Å². The molecule has 1 aliphatic rings. The number of rotatable bonds is 6. The van der Waals surface area contributed by atoms with Crippen LogP contribution in [0.1, 0.15) is 25.3 Å². The van der Waals surface area contributed by atoms with Crippen LogP contribution < -0.4 is 4.74 Å². The Morgan fingerprint density at radius 1 is 1.04 bits per heavy atom. The van der Waals surface area contributed by atoms with Crippen LogP contribution in [0.25, 0.3) is 0 Å². The molecule has 1 saturated heterocycles. The van der Waals surface area contributed by atoms with Gasteiger partial charge in [0.2, 0.25) is 0 Å². The van der Waals surface area contributed by atoms with Crippen molar-refractivity contribution >= 4 is 5.97 Å². The Hall–Kier alpha value is -2.40. The van der Waals surface area contributed by atoms with Crippen LogP contribution in [0.5, 0.6) is 11.5 Å². The molecule has 0 aromatic heterocycles. The van der Waals surface area contributed by atoms with Gasteiger partial charge in [0.1, 0.15) is 17.3 Å². The second-order valence-corrected chi connectivity index (χ2v) is 6.50. The zero-order valence-electron chi connectivity index (χ0n) is 15.0. The zero-order valence-corrected chi connectivity index (χ0v) is 15.0. The highest BCUT2D eigenvalue weighted by Crippen LogP contribution is 2.24. The highest BCUT2D eigenvalue weighted by Gasteiger charge is 2.25. The molecule has 0 spiro atoms. The highest BCUT2D eigenvalue weighted by molar-refractivity contribution is 5.72. The number of hydrogen-bond donors (Lipinski definition) is 0. The van der Waals surface area contributed by atoms with Crippen LogP contribution >= 0.6 is 0 Å². The molecule has 0 saturated carbocycles. The lowest BCUT2D eigenvalue weighted by Crippen LogP contribution is -2.36. The maximum atomic E-state index is 12.9. The topological polar surface area (TPSA) is 38.8 Å². The van der Waals surface area contributed by atoms with Gasteiger partial charge in [-0.15, -0.1) is 0 Å². The lowest BCUT2D eigenvalue weighted by atomic mass is 9.96. The summed E-state index contributed by atoms with van der Waals surface area (Å²) in [5, 5.41) is 0. The van der Waals surface area contributed by atoms with Crippen molar-refractivity contribution in [2.24, 2.45) is 5.92 Å². The molecule has 4 nitrogen and oxygen atoms in total. The SMILES string of the molecule is CCOC(=O)C1CCN(Cc2ccc(Oc3ccc(F)cc3)cc2)CC1. The molecule has 2 aromatic rings. The predicted octanol–water partition coefficient (Wildman–Crippen LogP) is 4.39. The van der Waals surface area contributed by atoms with Crippen LogP contribution in [0, 0.1) is 11.7 Å². The molecule has 0 atom stereocenters. The van der Waals surface area contributed by atoms with E-state index in [4.69, 9.17) is 9.47 Å². The van der Waals surface area contributed by atoms with Crippen molar-refractivity contribution < 1.29 is 18.7 Å². The van der Waals surface area contributed by atoms with Crippen molar-refractivity contribution in [1.82, 2.24) is 4.90 Å². The number of esters is 1. The molecular weight excluding hydrogens is 333 g/mol. The van der Waals surface area contributed by atoms with E-state index in [2.05, 4.69) is 4.90 Å². The number of benzene rings is 2. The summed E-state index contributed by atoms with van der Waals surface area (Å²) in [7, 11) is 0. The van der Waals surface area contributed by atoms with Gasteiger partial charge in [0.25, 0.3) is 0 Å². The second-order valence-electron chi connectivity index (χ2n) is 6.50. The van der Waals surface area contributed by atoms with Crippen LogP contribution in [0.15, 0.2) is 48.5 Å². The summed E-state index contributed by atoms with van der Waals surface area (Å²) in [4.78, 5) is 14.1. The fourth-order valence-corrected chi connectivity index (χ4v) is 3.15. The molecule has 1 heterocycles. The number of hydrogen-bond acceptors (Lipinski definition) is 4. The summed E-state index contributed by atoms with van der Waals surface area (Å²) in [6, 6.07) is 13.9. The normalized spacial score (nSPS) is 15.6. The van der Waals surface area contributed by atoms with Crippen molar-refractivity contribution in [3.63, 3.8) is 0 Å². The zero-order chi connectivity index (χ0) is 18.4. The quantitative estimate of drug-likeness (QED) is 0.719. The Bertz CT molecular complexity index is 707. The third kappa shape index (κ3) is 5.05. The molecule has 0 amide bonds. The first kappa shape index (κ1) is 18.4. The molecule has 5 heteroatoms. The van der Waals surface area contributed by atoms with Gasteiger partial charge in [-0.05, 0) is 74.8 Å². The third-order valence-electron chi connectivity index (χ3n) is 4.59. The van der Waals surface area contributed by atoms with Crippen LogP contribution in [-0.2, 0) is 16.1 Å². The molecule has 138 valence electrons. The molecule has 0 N–H and O–H groups in total. The second kappa shape index (κ2) is 8.81. The first-order chi connectivity index (χ1) is 12.6. The van der Waals surface area contributed by atoms with Crippen LogP contribution in [0.3, 0.4) is 0 Å². The lowest BCUT2D eigenvalue weighted by Gasteiger charge is -2.30. The van der Waals surface area contributed by atoms with Crippen molar-refractivity contribution in [2.45, 2.75) is 26.3 Å². The van der Waals surface area contributed by atoms with E-state index < -0.39 is 0 Å². The number of piperidine rings is 1. The maximum Gasteiger partial charge on any atom is 0.309 e. The van der Waals surface area contributed by atoms with Gasteiger partial charge in [-0.3, -0.25) is 9.69 Å². The van der Waals surface area contributed by atoms with Gasteiger partial charge in [0, 0.05) is 6.54 Å². The number of ether oxygens (including phenoxy) is 2. The van der Waals surface area contributed by atoms with Gasteiger partial charge in [-0.1, -0.05) is 12.1 Å². The average molecular weight is 357 g/mol. The standard InChI is InChI=1S/C21H24FNO3/c1-2-25-21(24)17-11-13-23(14-12-17)15-16-3-7-19(8-4-16)26-20-9-5-18(22)6-10-20/h3-10,17H,2,11-15H2,1H3. The predicted molar refractivity (Wildman–Crippen MR) is 97.6 cm³/mol. The first-order valence-corrected chi connectivity index (χ1v) is 9.05. The number of likely N-dealkylation sites (tertiary alicyclic amines) is 1. The fraction of sp³-hybridized carbons (Fsp3) is 0.381. The summed E-state index contributed by atoms with van der Waals surface area (Å²) < 4.78 is 23.7. The van der Waals surface area contributed by atoms with E-state index >= 15 is 0 Å². The smallest absolute Gasteiger partial charge is 0.309 e. The fourth-order valence-electron chi connectivity index (χ4n) is 3.15. The van der Waals surface area contributed by atoms with Gasteiger partial charge in [-0.25, -0.2) is 4.39 Å².